The van der Waals surface area contributed by atoms with E-state index >= 15 is 0 Å². The maximum Gasteiger partial charge on any atom is 0.490 e. The Labute approximate surface area is 187 Å². The van der Waals surface area contributed by atoms with Gasteiger partial charge in [0.15, 0.2) is 0 Å². The first-order valence-corrected chi connectivity index (χ1v) is 9.70. The van der Waals surface area contributed by atoms with Crippen molar-refractivity contribution in [1.82, 2.24) is 0 Å². The molecule has 0 aromatic heterocycles. The summed E-state index contributed by atoms with van der Waals surface area (Å²) in [6.07, 6.45) is -3.01. The molecule has 1 amide bonds. The van der Waals surface area contributed by atoms with E-state index in [-0.39, 0.29) is 11.3 Å². The first-order valence-electron chi connectivity index (χ1n) is 9.33. The monoisotopic (exact) mass is 474 g/mol. The van der Waals surface area contributed by atoms with Gasteiger partial charge in [-0.25, -0.2) is 9.59 Å². The van der Waals surface area contributed by atoms with Gasteiger partial charge in [-0.3, -0.25) is 4.79 Å². The molecule has 174 valence electrons. The van der Waals surface area contributed by atoms with Crippen molar-refractivity contribution < 1.29 is 37.8 Å². The molecule has 7 nitrogen and oxygen atoms in total. The number of carbonyl (C=O) groups is 3. The standard InChI is InChI=1S/C19H21ClN2O3.C2HF3O2/c1-3-4-11-22(2)13-9-10-17(15(12-13)19(24)25)21-18(23)14-7-5-6-8-16(14)20;3-2(4,5)1(6)7/h5-10,12H,3-4,11H2,1-2H3,(H,21,23)(H,24,25);(H,6,7). The van der Waals surface area contributed by atoms with Crippen molar-refractivity contribution in [2.45, 2.75) is 25.9 Å². The number of benzene rings is 2. The highest BCUT2D eigenvalue weighted by molar-refractivity contribution is 6.34. The van der Waals surface area contributed by atoms with Crippen LogP contribution in [0.5, 0.6) is 0 Å². The summed E-state index contributed by atoms with van der Waals surface area (Å²) in [5.74, 6) is -4.30. The van der Waals surface area contributed by atoms with Gasteiger partial charge in [0.2, 0.25) is 0 Å². The van der Waals surface area contributed by atoms with Gasteiger partial charge in [0.25, 0.3) is 5.91 Å². The molecule has 0 heterocycles. The van der Waals surface area contributed by atoms with E-state index in [1.165, 1.54) is 0 Å². The fourth-order valence-electron chi connectivity index (χ4n) is 2.41. The third-order valence-electron chi connectivity index (χ3n) is 4.13. The lowest BCUT2D eigenvalue weighted by molar-refractivity contribution is -0.192. The zero-order valence-electron chi connectivity index (χ0n) is 17.2. The maximum atomic E-state index is 12.4. The molecule has 0 aliphatic rings. The van der Waals surface area contributed by atoms with Crippen molar-refractivity contribution in [2.24, 2.45) is 0 Å². The Morgan fingerprint density at radius 2 is 1.66 bits per heavy atom. The smallest absolute Gasteiger partial charge is 0.478 e. The zero-order chi connectivity index (χ0) is 24.5. The van der Waals surface area contributed by atoms with Crippen molar-refractivity contribution in [3.63, 3.8) is 0 Å². The number of hydrogen-bond acceptors (Lipinski definition) is 4. The molecule has 0 saturated heterocycles. The minimum absolute atomic E-state index is 0.0428. The van der Waals surface area contributed by atoms with Crippen molar-refractivity contribution in [3.05, 3.63) is 58.6 Å². The van der Waals surface area contributed by atoms with Crippen LogP contribution in [0.1, 0.15) is 40.5 Å². The summed E-state index contributed by atoms with van der Waals surface area (Å²) in [6.45, 7) is 2.94. The molecule has 2 rings (SSSR count). The van der Waals surface area contributed by atoms with Crippen LogP contribution >= 0.6 is 11.6 Å². The van der Waals surface area contributed by atoms with E-state index in [0.29, 0.717) is 10.6 Å². The molecule has 0 fully saturated rings. The molecule has 0 aliphatic heterocycles. The lowest BCUT2D eigenvalue weighted by atomic mass is 10.1. The molecule has 0 unspecified atom stereocenters. The molecule has 0 saturated carbocycles. The van der Waals surface area contributed by atoms with E-state index < -0.39 is 24.0 Å². The molecule has 3 N–H and O–H groups in total. The van der Waals surface area contributed by atoms with Gasteiger partial charge in [0.1, 0.15) is 0 Å². The third-order valence-corrected chi connectivity index (χ3v) is 4.46. The Hall–Kier alpha value is -3.27. The van der Waals surface area contributed by atoms with Crippen molar-refractivity contribution in [1.29, 1.82) is 0 Å². The van der Waals surface area contributed by atoms with E-state index in [4.69, 9.17) is 21.5 Å². The minimum Gasteiger partial charge on any atom is -0.478 e. The Balaban J connectivity index is 0.000000633. The second-order valence-electron chi connectivity index (χ2n) is 6.55. The number of anilines is 2. The summed E-state index contributed by atoms with van der Waals surface area (Å²) in [5.41, 5.74) is 1.37. The molecule has 0 spiro atoms. The molecule has 2 aromatic carbocycles. The number of carbonyl (C=O) groups excluding carboxylic acids is 1. The van der Waals surface area contributed by atoms with Gasteiger partial charge in [-0.2, -0.15) is 13.2 Å². The SMILES string of the molecule is CCCCN(C)c1ccc(NC(=O)c2ccccc2Cl)c(C(=O)O)c1.O=C(O)C(F)(F)F. The van der Waals surface area contributed by atoms with Gasteiger partial charge in [0, 0.05) is 19.3 Å². The normalized spacial score (nSPS) is 10.6. The highest BCUT2D eigenvalue weighted by Crippen LogP contribution is 2.25. The number of carboxylic acids is 2. The quantitative estimate of drug-likeness (QED) is 0.511. The van der Waals surface area contributed by atoms with Gasteiger partial charge in [0.05, 0.1) is 21.8 Å². The van der Waals surface area contributed by atoms with Gasteiger partial charge in [-0.1, -0.05) is 37.1 Å². The van der Waals surface area contributed by atoms with E-state index in [2.05, 4.69) is 12.2 Å². The van der Waals surface area contributed by atoms with Crippen LogP contribution in [0.15, 0.2) is 42.5 Å². The van der Waals surface area contributed by atoms with Gasteiger partial charge in [-0.05, 0) is 36.8 Å². The van der Waals surface area contributed by atoms with E-state index in [1.807, 2.05) is 11.9 Å². The minimum atomic E-state index is -5.08. The molecule has 0 aliphatic carbocycles. The van der Waals surface area contributed by atoms with Crippen LogP contribution in [0.2, 0.25) is 5.02 Å². The molecule has 2 aromatic rings. The molecular formula is C21H22ClF3N2O5. The van der Waals surface area contributed by atoms with Crippen molar-refractivity contribution in [2.75, 3.05) is 23.8 Å². The summed E-state index contributed by atoms with van der Waals surface area (Å²) in [7, 11) is 1.92. The number of aromatic carboxylic acids is 1. The fraction of sp³-hybridized carbons (Fsp3) is 0.286. The predicted octanol–water partition coefficient (Wildman–Crippen LogP) is 5.16. The fourth-order valence-corrected chi connectivity index (χ4v) is 2.64. The third kappa shape index (κ3) is 8.10. The highest BCUT2D eigenvalue weighted by Gasteiger charge is 2.38. The molecular weight excluding hydrogens is 453 g/mol. The summed E-state index contributed by atoms with van der Waals surface area (Å²) < 4.78 is 31.7. The second kappa shape index (κ2) is 11.9. The van der Waals surface area contributed by atoms with Crippen molar-refractivity contribution >= 4 is 40.8 Å². The number of carboxylic acid groups (broad SMARTS) is 2. The van der Waals surface area contributed by atoms with Crippen LogP contribution in [0.3, 0.4) is 0 Å². The number of halogens is 4. The number of nitrogens with one attached hydrogen (secondary N) is 1. The number of amides is 1. The lowest BCUT2D eigenvalue weighted by Gasteiger charge is -2.20. The molecule has 0 bridgehead atoms. The van der Waals surface area contributed by atoms with Gasteiger partial charge >= 0.3 is 18.1 Å². The number of nitrogens with zero attached hydrogens (tertiary/aromatic N) is 1. The van der Waals surface area contributed by atoms with Crippen LogP contribution in [-0.4, -0.2) is 47.8 Å². The molecule has 32 heavy (non-hydrogen) atoms. The average molecular weight is 475 g/mol. The Morgan fingerprint density at radius 1 is 1.06 bits per heavy atom. The highest BCUT2D eigenvalue weighted by atomic mass is 35.5. The summed E-state index contributed by atoms with van der Waals surface area (Å²) >= 11 is 6.02. The number of aliphatic carboxylic acids is 1. The Kier molecular flexibility index (Phi) is 9.99. The van der Waals surface area contributed by atoms with E-state index in [0.717, 1.165) is 25.1 Å². The summed E-state index contributed by atoms with van der Waals surface area (Å²) in [5, 5.41) is 19.6. The number of unbranched alkanes of at least 4 members (excludes halogenated alkanes) is 1. The first kappa shape index (κ1) is 26.8. The summed E-state index contributed by atoms with van der Waals surface area (Å²) in [6, 6.07) is 11.6. The van der Waals surface area contributed by atoms with Crippen LogP contribution in [0, 0.1) is 0 Å². The number of hydrogen-bond donors (Lipinski definition) is 3. The van der Waals surface area contributed by atoms with Crippen LogP contribution in [0.4, 0.5) is 24.5 Å². The molecule has 0 radical (unpaired) electrons. The van der Waals surface area contributed by atoms with Crippen molar-refractivity contribution in [3.8, 4) is 0 Å². The second-order valence-corrected chi connectivity index (χ2v) is 6.95. The topological polar surface area (TPSA) is 107 Å². The zero-order valence-corrected chi connectivity index (χ0v) is 18.0. The van der Waals surface area contributed by atoms with Crippen LogP contribution in [-0.2, 0) is 4.79 Å². The molecule has 11 heteroatoms. The van der Waals surface area contributed by atoms with Crippen LogP contribution < -0.4 is 10.2 Å². The van der Waals surface area contributed by atoms with Crippen LogP contribution in [0.25, 0.3) is 0 Å². The van der Waals surface area contributed by atoms with E-state index in [9.17, 15) is 27.9 Å². The Morgan fingerprint density at radius 3 is 2.16 bits per heavy atom. The first-order chi connectivity index (χ1) is 14.9. The number of rotatable bonds is 7. The lowest BCUT2D eigenvalue weighted by Crippen LogP contribution is -2.21. The largest absolute Gasteiger partial charge is 0.490 e. The summed E-state index contributed by atoms with van der Waals surface area (Å²) in [4.78, 5) is 34.9. The maximum absolute atomic E-state index is 12.4. The van der Waals surface area contributed by atoms with Gasteiger partial charge in [-0.15, -0.1) is 0 Å². The Bertz CT molecular complexity index is 967. The average Bonchev–Trinajstić information content (AvgIpc) is 2.72. The predicted molar refractivity (Wildman–Crippen MR) is 115 cm³/mol. The van der Waals surface area contributed by atoms with E-state index in [1.54, 1.807) is 42.5 Å². The number of alkyl halides is 3. The van der Waals surface area contributed by atoms with Gasteiger partial charge < -0.3 is 20.4 Å². The molecule has 0 atom stereocenters.